The van der Waals surface area contributed by atoms with Crippen LogP contribution in [-0.4, -0.2) is 29.3 Å². The molecule has 0 spiro atoms. The molecule has 0 aromatic rings. The van der Waals surface area contributed by atoms with E-state index in [9.17, 15) is 9.90 Å². The van der Waals surface area contributed by atoms with E-state index >= 15 is 0 Å². The first-order valence-corrected chi connectivity index (χ1v) is 4.92. The molecule has 2 aliphatic rings. The Hall–Kier alpha value is -0.770. The number of rotatable bonds is 2. The molecule has 2 aliphatic carbocycles. The molecular formula is C9H16N2O2. The standard InChI is InChI=1S/C9H16N2O2/c1-5-4-7(5)11-9(13)10-6-2-3-8(6)12/h5-8,12H,2-4H2,1H3,(H2,10,11,13)/t5-,6-,7-,8-/m1/s1. The molecule has 4 heteroatoms. The van der Waals surface area contributed by atoms with Gasteiger partial charge in [0.1, 0.15) is 0 Å². The highest BCUT2D eigenvalue weighted by atomic mass is 16.3. The fourth-order valence-corrected chi connectivity index (χ4v) is 1.55. The Morgan fingerprint density at radius 2 is 1.92 bits per heavy atom. The topological polar surface area (TPSA) is 61.4 Å². The molecule has 3 N–H and O–H groups in total. The van der Waals surface area contributed by atoms with Crippen LogP contribution in [0.25, 0.3) is 0 Å². The van der Waals surface area contributed by atoms with Crippen LogP contribution in [0.1, 0.15) is 26.2 Å². The summed E-state index contributed by atoms with van der Waals surface area (Å²) in [5, 5.41) is 14.8. The summed E-state index contributed by atoms with van der Waals surface area (Å²) in [5.41, 5.74) is 0. The van der Waals surface area contributed by atoms with Gasteiger partial charge >= 0.3 is 6.03 Å². The quantitative estimate of drug-likeness (QED) is 0.575. The molecule has 0 aromatic carbocycles. The lowest BCUT2D eigenvalue weighted by molar-refractivity contribution is 0.0548. The minimum absolute atomic E-state index is 0.0194. The van der Waals surface area contributed by atoms with Crippen LogP contribution in [0.2, 0.25) is 0 Å². The number of urea groups is 1. The summed E-state index contributed by atoms with van der Waals surface area (Å²) < 4.78 is 0. The van der Waals surface area contributed by atoms with Crippen molar-refractivity contribution in [3.8, 4) is 0 Å². The van der Waals surface area contributed by atoms with E-state index in [4.69, 9.17) is 0 Å². The molecule has 74 valence electrons. The third-order valence-corrected chi connectivity index (χ3v) is 2.98. The Balaban J connectivity index is 1.66. The molecule has 2 amide bonds. The van der Waals surface area contributed by atoms with Gasteiger partial charge in [0, 0.05) is 6.04 Å². The molecule has 2 fully saturated rings. The van der Waals surface area contributed by atoms with Crippen LogP contribution in [0.15, 0.2) is 0 Å². The van der Waals surface area contributed by atoms with Gasteiger partial charge in [0.25, 0.3) is 0 Å². The van der Waals surface area contributed by atoms with Crippen molar-refractivity contribution in [1.82, 2.24) is 10.6 Å². The van der Waals surface area contributed by atoms with Crippen molar-refractivity contribution in [1.29, 1.82) is 0 Å². The smallest absolute Gasteiger partial charge is 0.315 e. The molecule has 2 rings (SSSR count). The van der Waals surface area contributed by atoms with Gasteiger partial charge in [-0.15, -0.1) is 0 Å². The zero-order valence-corrected chi connectivity index (χ0v) is 7.79. The van der Waals surface area contributed by atoms with Crippen LogP contribution in [0, 0.1) is 5.92 Å². The summed E-state index contributed by atoms with van der Waals surface area (Å²) in [6.07, 6.45) is 2.46. The van der Waals surface area contributed by atoms with Crippen LogP contribution in [0.5, 0.6) is 0 Å². The summed E-state index contributed by atoms with van der Waals surface area (Å²) in [6.45, 7) is 2.11. The fraction of sp³-hybridized carbons (Fsp3) is 0.889. The Kier molecular flexibility index (Phi) is 2.15. The Morgan fingerprint density at radius 3 is 2.31 bits per heavy atom. The third-order valence-electron chi connectivity index (χ3n) is 2.98. The predicted octanol–water partition coefficient (Wildman–Crippen LogP) is 0.217. The first kappa shape index (κ1) is 8.81. The van der Waals surface area contributed by atoms with Gasteiger partial charge in [-0.25, -0.2) is 4.79 Å². The molecule has 0 bridgehead atoms. The maximum atomic E-state index is 11.3. The van der Waals surface area contributed by atoms with Crippen LogP contribution in [0.4, 0.5) is 4.79 Å². The second kappa shape index (κ2) is 3.18. The van der Waals surface area contributed by atoms with E-state index in [-0.39, 0.29) is 18.2 Å². The van der Waals surface area contributed by atoms with Crippen LogP contribution < -0.4 is 10.6 Å². The lowest BCUT2D eigenvalue weighted by Crippen LogP contribution is -2.53. The predicted molar refractivity (Wildman–Crippen MR) is 48.3 cm³/mol. The normalized spacial score (nSPS) is 42.0. The fourth-order valence-electron chi connectivity index (χ4n) is 1.55. The number of hydrogen-bond acceptors (Lipinski definition) is 2. The van der Waals surface area contributed by atoms with Gasteiger partial charge in [-0.3, -0.25) is 0 Å². The SMILES string of the molecule is C[C@@H]1C[C@H]1NC(=O)N[C@@H]1CC[C@H]1O. The average Bonchev–Trinajstić information content (AvgIpc) is 2.75. The Labute approximate surface area is 77.7 Å². The van der Waals surface area contributed by atoms with Crippen molar-refractivity contribution in [2.45, 2.75) is 44.4 Å². The number of aliphatic hydroxyl groups is 1. The van der Waals surface area contributed by atoms with Crippen molar-refractivity contribution in [2.24, 2.45) is 5.92 Å². The van der Waals surface area contributed by atoms with E-state index < -0.39 is 0 Å². The number of carbonyl (C=O) groups is 1. The van der Waals surface area contributed by atoms with E-state index in [1.807, 2.05) is 0 Å². The van der Waals surface area contributed by atoms with Gasteiger partial charge < -0.3 is 15.7 Å². The summed E-state index contributed by atoms with van der Waals surface area (Å²) in [4.78, 5) is 11.3. The molecule has 0 unspecified atom stereocenters. The molecule has 4 nitrogen and oxygen atoms in total. The summed E-state index contributed by atoms with van der Waals surface area (Å²) in [6, 6.07) is 0.212. The lowest BCUT2D eigenvalue weighted by Gasteiger charge is -2.32. The number of aliphatic hydroxyl groups excluding tert-OH is 1. The molecule has 4 atom stereocenters. The summed E-state index contributed by atoms with van der Waals surface area (Å²) in [7, 11) is 0. The zero-order valence-electron chi connectivity index (χ0n) is 7.79. The summed E-state index contributed by atoms with van der Waals surface area (Å²) in [5.74, 6) is 0.622. The van der Waals surface area contributed by atoms with Crippen molar-refractivity contribution in [3.63, 3.8) is 0 Å². The van der Waals surface area contributed by atoms with Crippen molar-refractivity contribution in [2.75, 3.05) is 0 Å². The van der Waals surface area contributed by atoms with E-state index in [0.717, 1.165) is 19.3 Å². The number of amides is 2. The van der Waals surface area contributed by atoms with Crippen LogP contribution in [-0.2, 0) is 0 Å². The number of carbonyl (C=O) groups excluding carboxylic acids is 1. The number of hydrogen-bond donors (Lipinski definition) is 3. The van der Waals surface area contributed by atoms with Gasteiger partial charge in [0.15, 0.2) is 0 Å². The highest BCUT2D eigenvalue weighted by Gasteiger charge is 2.35. The molecular weight excluding hydrogens is 168 g/mol. The second-order valence-corrected chi connectivity index (χ2v) is 4.19. The third kappa shape index (κ3) is 1.94. The molecule has 0 radical (unpaired) electrons. The molecule has 0 aliphatic heterocycles. The van der Waals surface area contributed by atoms with Crippen molar-refractivity contribution in [3.05, 3.63) is 0 Å². The molecule has 13 heavy (non-hydrogen) atoms. The minimum atomic E-state index is -0.331. The van der Waals surface area contributed by atoms with Gasteiger partial charge in [-0.05, 0) is 25.2 Å². The molecule has 0 aromatic heterocycles. The van der Waals surface area contributed by atoms with E-state index in [1.165, 1.54) is 0 Å². The zero-order chi connectivity index (χ0) is 9.42. The maximum Gasteiger partial charge on any atom is 0.315 e. The first-order valence-electron chi connectivity index (χ1n) is 4.92. The van der Waals surface area contributed by atoms with Gasteiger partial charge in [0.05, 0.1) is 12.1 Å². The van der Waals surface area contributed by atoms with E-state index in [0.29, 0.717) is 12.0 Å². The average molecular weight is 184 g/mol. The highest BCUT2D eigenvalue weighted by Crippen LogP contribution is 2.29. The largest absolute Gasteiger partial charge is 0.391 e. The van der Waals surface area contributed by atoms with Gasteiger partial charge in [-0.2, -0.15) is 0 Å². The molecule has 0 heterocycles. The van der Waals surface area contributed by atoms with Gasteiger partial charge in [0.2, 0.25) is 0 Å². The van der Waals surface area contributed by atoms with E-state index in [2.05, 4.69) is 17.6 Å². The van der Waals surface area contributed by atoms with E-state index in [1.54, 1.807) is 0 Å². The summed E-state index contributed by atoms with van der Waals surface area (Å²) >= 11 is 0. The van der Waals surface area contributed by atoms with Crippen molar-refractivity contribution < 1.29 is 9.90 Å². The molecule has 2 saturated carbocycles. The van der Waals surface area contributed by atoms with Gasteiger partial charge in [-0.1, -0.05) is 6.92 Å². The van der Waals surface area contributed by atoms with Crippen LogP contribution in [0.3, 0.4) is 0 Å². The lowest BCUT2D eigenvalue weighted by atomic mass is 9.89. The minimum Gasteiger partial charge on any atom is -0.391 e. The number of nitrogens with one attached hydrogen (secondary N) is 2. The highest BCUT2D eigenvalue weighted by molar-refractivity contribution is 5.75. The Morgan fingerprint density at radius 1 is 1.31 bits per heavy atom. The first-order chi connectivity index (χ1) is 6.16. The van der Waals surface area contributed by atoms with Crippen LogP contribution >= 0.6 is 0 Å². The maximum absolute atomic E-state index is 11.3. The Bertz CT molecular complexity index is 220. The second-order valence-electron chi connectivity index (χ2n) is 4.19. The molecule has 0 saturated heterocycles. The van der Waals surface area contributed by atoms with Crippen molar-refractivity contribution >= 4 is 6.03 Å². The monoisotopic (exact) mass is 184 g/mol.